The number of carbonyl (C=O) groups excluding carboxylic acids is 1. The maximum absolute atomic E-state index is 12.9. The Bertz CT molecular complexity index is 884. The van der Waals surface area contributed by atoms with Crippen LogP contribution in [0.1, 0.15) is 48.6 Å². The molecule has 0 bridgehead atoms. The van der Waals surface area contributed by atoms with E-state index in [0.717, 1.165) is 25.7 Å². The third kappa shape index (κ3) is 4.35. The number of hydrogen-bond acceptors (Lipinski definition) is 2. The van der Waals surface area contributed by atoms with Crippen LogP contribution >= 0.6 is 0 Å². The number of aliphatic carboxylic acids is 1. The lowest BCUT2D eigenvalue weighted by Crippen LogP contribution is -2.33. The molecule has 1 unspecified atom stereocenters. The van der Waals surface area contributed by atoms with Gasteiger partial charge in [-0.3, -0.25) is 9.59 Å². The molecule has 3 N–H and O–H groups in total. The van der Waals surface area contributed by atoms with E-state index in [1.165, 1.54) is 4.90 Å². The van der Waals surface area contributed by atoms with Crippen LogP contribution in [0.3, 0.4) is 0 Å². The van der Waals surface area contributed by atoms with Crippen molar-refractivity contribution in [2.24, 2.45) is 17.7 Å². The molecule has 24 heavy (non-hydrogen) atoms. The van der Waals surface area contributed by atoms with Crippen LogP contribution in [0.4, 0.5) is 0 Å². The van der Waals surface area contributed by atoms with Gasteiger partial charge in [-0.1, -0.05) is 43.1 Å². The topological polar surface area (TPSA) is 89.1 Å². The molecule has 0 radical (unpaired) electrons. The molecule has 0 aromatic heterocycles. The molecule has 5 nitrogen and oxygen atoms in total. The van der Waals surface area contributed by atoms with Gasteiger partial charge >= 0.3 is 5.97 Å². The number of benzene rings is 1. The van der Waals surface area contributed by atoms with Crippen LogP contribution in [0.25, 0.3) is 0 Å². The van der Waals surface area contributed by atoms with Crippen molar-refractivity contribution in [3.8, 4) is 0 Å². The second-order valence-corrected chi connectivity index (χ2v) is 6.19. The van der Waals surface area contributed by atoms with Gasteiger partial charge in [0.1, 0.15) is 0 Å². The normalized spacial score (nSPS) is 30.6. The Morgan fingerprint density at radius 1 is 1.25 bits per heavy atom. The summed E-state index contributed by atoms with van der Waals surface area (Å²) in [5, 5.41) is 9.75. The van der Waals surface area contributed by atoms with E-state index in [0.29, 0.717) is 24.9 Å². The predicted molar refractivity (Wildman–Crippen MR) is 91.5 cm³/mol. The van der Waals surface area contributed by atoms with Gasteiger partial charge in [0, 0.05) is 23.6 Å². The number of carboxylic acids is 1. The summed E-state index contributed by atoms with van der Waals surface area (Å²) in [6.07, 6.45) is -0.145. The Morgan fingerprint density at radius 2 is 1.83 bits per heavy atom. The first-order valence-corrected chi connectivity index (χ1v) is 7.91. The highest BCUT2D eigenvalue weighted by Gasteiger charge is 2.37. The Balaban J connectivity index is 0.00000363. The van der Waals surface area contributed by atoms with Gasteiger partial charge in [-0.05, 0) is 36.6 Å². The summed E-state index contributed by atoms with van der Waals surface area (Å²) in [6.45, 7) is 0.883. The molecule has 1 aromatic rings. The van der Waals surface area contributed by atoms with Crippen molar-refractivity contribution >= 4 is 11.9 Å². The van der Waals surface area contributed by atoms with E-state index in [9.17, 15) is 14.7 Å². The average Bonchev–Trinajstić information content (AvgIpc) is 3.15. The van der Waals surface area contributed by atoms with Crippen molar-refractivity contribution < 1.29 is 31.1 Å². The van der Waals surface area contributed by atoms with Crippen molar-refractivity contribution in [3.05, 3.63) is 35.8 Å². The third-order valence-electron chi connectivity index (χ3n) is 4.69. The molecule has 1 aliphatic heterocycles. The minimum atomic E-state index is -3.23. The molecule has 1 saturated heterocycles. The van der Waals surface area contributed by atoms with E-state index in [-0.39, 0.29) is 5.48 Å². The van der Waals surface area contributed by atoms with Crippen molar-refractivity contribution in [3.63, 3.8) is 0 Å². The van der Waals surface area contributed by atoms with Crippen molar-refractivity contribution in [2.75, 3.05) is 13.1 Å². The molecule has 3 rings (SSSR count). The summed E-state index contributed by atoms with van der Waals surface area (Å²) < 4.78 is 64.3. The molecule has 1 heterocycles. The van der Waals surface area contributed by atoms with Crippen molar-refractivity contribution in [1.82, 2.24) is 4.90 Å². The zero-order valence-corrected chi connectivity index (χ0v) is 13.3. The average molecular weight is 341 g/mol. The van der Waals surface area contributed by atoms with Gasteiger partial charge in [0.2, 0.25) is 5.91 Å². The second kappa shape index (κ2) is 8.29. The van der Waals surface area contributed by atoms with Crippen LogP contribution in [-0.4, -0.2) is 40.4 Å². The lowest BCUT2D eigenvalue weighted by Gasteiger charge is -2.22. The standard InChI is InChI=1S/C19H25NO3.H2O/c21-18(20-12-15-8-4-5-9-16(15)13-20)11-17(19(22)23)10-14-6-2-1-3-7-14;/h1-3,6-7,15-17H,4-5,8-13H2,(H,22,23);1H2/t15-,16+,17?;/i1D,2D,3D,6D,7D,10D2,17D;. The Kier molecular flexibility index (Phi) is 3.52. The summed E-state index contributed by atoms with van der Waals surface area (Å²) in [5.74, 6) is -5.05. The third-order valence-corrected chi connectivity index (χ3v) is 4.69. The minimum Gasteiger partial charge on any atom is -0.481 e. The van der Waals surface area contributed by atoms with Crippen LogP contribution in [0, 0.1) is 17.7 Å². The molecular formula is C19H27NO4. The van der Waals surface area contributed by atoms with E-state index in [2.05, 4.69) is 0 Å². The van der Waals surface area contributed by atoms with Crippen molar-refractivity contribution in [2.45, 2.75) is 38.5 Å². The molecule has 1 amide bonds. The number of likely N-dealkylation sites (tertiary alicyclic amines) is 1. The maximum atomic E-state index is 12.9. The second-order valence-electron chi connectivity index (χ2n) is 6.19. The molecule has 1 aliphatic carbocycles. The number of amides is 1. The monoisotopic (exact) mass is 341 g/mol. The fourth-order valence-corrected chi connectivity index (χ4v) is 3.51. The van der Waals surface area contributed by atoms with Crippen LogP contribution in [0.5, 0.6) is 0 Å². The Labute approximate surface area is 154 Å². The largest absolute Gasteiger partial charge is 0.481 e. The maximum Gasteiger partial charge on any atom is 0.307 e. The number of rotatable bonds is 5. The van der Waals surface area contributed by atoms with E-state index in [1.807, 2.05) is 0 Å². The van der Waals surface area contributed by atoms with Gasteiger partial charge in [-0.25, -0.2) is 0 Å². The quantitative estimate of drug-likeness (QED) is 0.890. The summed E-state index contributed by atoms with van der Waals surface area (Å²) >= 11 is 0. The number of hydrogen-bond donors (Lipinski definition) is 1. The van der Waals surface area contributed by atoms with E-state index < -0.39 is 66.3 Å². The molecule has 2 fully saturated rings. The minimum absolute atomic E-state index is 0. The summed E-state index contributed by atoms with van der Waals surface area (Å²) in [6, 6.07) is -4.26. The predicted octanol–water partition coefficient (Wildman–Crippen LogP) is 2.14. The number of nitrogens with zero attached hydrogens (tertiary/aromatic N) is 1. The van der Waals surface area contributed by atoms with E-state index in [4.69, 9.17) is 11.0 Å². The molecule has 132 valence electrons. The molecule has 0 spiro atoms. The molecule has 1 saturated carbocycles. The summed E-state index contributed by atoms with van der Waals surface area (Å²) in [7, 11) is 0. The first-order valence-electron chi connectivity index (χ1n) is 11.9. The lowest BCUT2D eigenvalue weighted by molar-refractivity contribution is -0.145. The number of fused-ring (bicyclic) bond motifs is 1. The zero-order chi connectivity index (χ0) is 23.3. The fourth-order valence-electron chi connectivity index (χ4n) is 3.51. The lowest BCUT2D eigenvalue weighted by atomic mass is 9.82. The van der Waals surface area contributed by atoms with Gasteiger partial charge < -0.3 is 15.5 Å². The summed E-state index contributed by atoms with van der Waals surface area (Å²) in [4.78, 5) is 26.5. The van der Waals surface area contributed by atoms with Crippen LogP contribution < -0.4 is 0 Å². The first-order chi connectivity index (χ1) is 14.3. The van der Waals surface area contributed by atoms with Gasteiger partial charge in [0.25, 0.3) is 0 Å². The zero-order valence-electron chi connectivity index (χ0n) is 21.3. The summed E-state index contributed by atoms with van der Waals surface area (Å²) in [5.41, 5.74) is -0.932. The highest BCUT2D eigenvalue weighted by Crippen LogP contribution is 2.36. The van der Waals surface area contributed by atoms with Crippen LogP contribution in [-0.2, 0) is 16.0 Å². The van der Waals surface area contributed by atoms with Crippen molar-refractivity contribution in [1.29, 1.82) is 0 Å². The highest BCUT2D eigenvalue weighted by molar-refractivity contribution is 5.82. The van der Waals surface area contributed by atoms with E-state index >= 15 is 0 Å². The molecule has 1 aromatic carbocycles. The first kappa shape index (κ1) is 10.2. The van der Waals surface area contributed by atoms with Gasteiger partial charge in [-0.2, -0.15) is 0 Å². The highest BCUT2D eigenvalue weighted by atomic mass is 16.4. The van der Waals surface area contributed by atoms with Crippen LogP contribution in [0.2, 0.25) is 0 Å². The van der Waals surface area contributed by atoms with Crippen LogP contribution in [0.15, 0.2) is 30.2 Å². The Morgan fingerprint density at radius 3 is 2.38 bits per heavy atom. The number of carboxylic acid groups (broad SMARTS) is 1. The smallest absolute Gasteiger partial charge is 0.307 e. The number of carbonyl (C=O) groups is 2. The van der Waals surface area contributed by atoms with Gasteiger partial charge in [0.05, 0.1) is 12.7 Å². The molecule has 5 heteroatoms. The van der Waals surface area contributed by atoms with Gasteiger partial charge in [0.15, 0.2) is 0 Å². The fraction of sp³-hybridized carbons (Fsp3) is 0.579. The molecule has 3 atom stereocenters. The molecule has 2 aliphatic rings. The molecular weight excluding hydrogens is 306 g/mol. The Hall–Kier alpha value is -1.88. The van der Waals surface area contributed by atoms with Gasteiger partial charge in [-0.15, -0.1) is 0 Å². The van der Waals surface area contributed by atoms with E-state index in [1.54, 1.807) is 0 Å². The SMILES string of the molecule is O.[2H]c1c([2H])c([2H])c(C([2H])([2H])C([2H])(CC(=O)N2C[C@H]3CCCC[C@H]3C2)C(=O)O)c([2H])c1[2H].